The minimum absolute atomic E-state index is 0.283. The van der Waals surface area contributed by atoms with E-state index in [2.05, 4.69) is 12.2 Å². The van der Waals surface area contributed by atoms with Crippen molar-refractivity contribution in [1.82, 2.24) is 5.32 Å². The molecule has 2 atom stereocenters. The van der Waals surface area contributed by atoms with Crippen molar-refractivity contribution in [3.05, 3.63) is 34.6 Å². The Balaban J connectivity index is 1.96. The molecule has 0 spiro atoms. The van der Waals surface area contributed by atoms with Gasteiger partial charge in [0.05, 0.1) is 6.10 Å². The zero-order valence-electron chi connectivity index (χ0n) is 12.0. The van der Waals surface area contributed by atoms with Gasteiger partial charge in [0.25, 0.3) is 0 Å². The molecule has 0 aliphatic carbocycles. The Bertz CT molecular complexity index is 421. The lowest BCUT2D eigenvalue weighted by Crippen LogP contribution is -2.36. The molecule has 2 nitrogen and oxygen atoms in total. The predicted octanol–water partition coefficient (Wildman–Crippen LogP) is 3.96. The van der Waals surface area contributed by atoms with Crippen LogP contribution in [0.15, 0.2) is 18.2 Å². The van der Waals surface area contributed by atoms with Crippen molar-refractivity contribution in [2.45, 2.75) is 51.2 Å². The van der Waals surface area contributed by atoms with Gasteiger partial charge in [0, 0.05) is 17.7 Å². The van der Waals surface area contributed by atoms with Gasteiger partial charge in [0.1, 0.15) is 5.82 Å². The number of halogens is 2. The summed E-state index contributed by atoms with van der Waals surface area (Å²) in [4.78, 5) is 0. The molecule has 0 aromatic heterocycles. The SMILES string of the molecule is CCNC(Cc1ccc(F)cc1Cl)CC1CCCCO1. The topological polar surface area (TPSA) is 21.3 Å². The molecule has 0 saturated carbocycles. The first-order chi connectivity index (χ1) is 9.69. The second kappa shape index (κ2) is 7.96. The van der Waals surface area contributed by atoms with Gasteiger partial charge in [0.15, 0.2) is 0 Å². The summed E-state index contributed by atoms with van der Waals surface area (Å²) < 4.78 is 18.9. The standard InChI is InChI=1S/C16H23ClFNO/c1-2-19-14(11-15-5-3-4-8-20-15)9-12-6-7-13(18)10-16(12)17/h6-7,10,14-15,19H,2-5,8-9,11H2,1H3. The Kier molecular flexibility index (Phi) is 6.27. The van der Waals surface area contributed by atoms with Gasteiger partial charge in [-0.3, -0.25) is 0 Å². The van der Waals surface area contributed by atoms with Crippen molar-refractivity contribution < 1.29 is 9.13 Å². The van der Waals surface area contributed by atoms with Crippen molar-refractivity contribution in [3.8, 4) is 0 Å². The third kappa shape index (κ3) is 4.72. The molecule has 20 heavy (non-hydrogen) atoms. The van der Waals surface area contributed by atoms with Crippen LogP contribution in [-0.2, 0) is 11.2 Å². The summed E-state index contributed by atoms with van der Waals surface area (Å²) in [5, 5.41) is 4.00. The Labute approximate surface area is 125 Å². The zero-order chi connectivity index (χ0) is 14.4. The molecule has 1 saturated heterocycles. The van der Waals surface area contributed by atoms with Crippen molar-refractivity contribution in [2.75, 3.05) is 13.2 Å². The number of ether oxygens (including phenoxy) is 1. The summed E-state index contributed by atoms with van der Waals surface area (Å²) in [6.45, 7) is 3.89. The van der Waals surface area contributed by atoms with Crippen LogP contribution >= 0.6 is 11.6 Å². The van der Waals surface area contributed by atoms with E-state index >= 15 is 0 Å². The number of likely N-dealkylation sites (N-methyl/N-ethyl adjacent to an activating group) is 1. The van der Waals surface area contributed by atoms with E-state index in [0.29, 0.717) is 17.2 Å². The lowest BCUT2D eigenvalue weighted by Gasteiger charge is -2.27. The van der Waals surface area contributed by atoms with E-state index in [0.717, 1.165) is 38.0 Å². The molecule has 112 valence electrons. The average molecular weight is 300 g/mol. The van der Waals surface area contributed by atoms with Crippen LogP contribution in [-0.4, -0.2) is 25.3 Å². The smallest absolute Gasteiger partial charge is 0.124 e. The highest BCUT2D eigenvalue weighted by molar-refractivity contribution is 6.31. The van der Waals surface area contributed by atoms with E-state index in [1.54, 1.807) is 6.07 Å². The second-order valence-corrected chi connectivity index (χ2v) is 5.83. The van der Waals surface area contributed by atoms with Gasteiger partial charge < -0.3 is 10.1 Å². The number of rotatable bonds is 6. The molecule has 1 fully saturated rings. The van der Waals surface area contributed by atoms with Crippen LogP contribution in [0.4, 0.5) is 4.39 Å². The maximum atomic E-state index is 13.1. The second-order valence-electron chi connectivity index (χ2n) is 5.42. The maximum Gasteiger partial charge on any atom is 0.124 e. The van der Waals surface area contributed by atoms with E-state index in [1.165, 1.54) is 25.0 Å². The van der Waals surface area contributed by atoms with Crippen LogP contribution in [0.2, 0.25) is 5.02 Å². The number of hydrogen-bond donors (Lipinski definition) is 1. The number of benzene rings is 1. The van der Waals surface area contributed by atoms with Crippen molar-refractivity contribution in [3.63, 3.8) is 0 Å². The van der Waals surface area contributed by atoms with Crippen LogP contribution < -0.4 is 5.32 Å². The van der Waals surface area contributed by atoms with Gasteiger partial charge in [-0.05, 0) is 56.3 Å². The molecule has 1 aromatic carbocycles. The minimum atomic E-state index is -0.283. The molecule has 2 rings (SSSR count). The fourth-order valence-electron chi connectivity index (χ4n) is 2.79. The molecule has 0 amide bonds. The van der Waals surface area contributed by atoms with Gasteiger partial charge in [-0.15, -0.1) is 0 Å². The molecule has 0 bridgehead atoms. The summed E-state index contributed by atoms with van der Waals surface area (Å²) in [6.07, 6.45) is 5.70. The Morgan fingerprint density at radius 3 is 2.95 bits per heavy atom. The third-order valence-corrected chi connectivity index (χ3v) is 4.15. The third-order valence-electron chi connectivity index (χ3n) is 3.80. The first-order valence-corrected chi connectivity index (χ1v) is 7.85. The Morgan fingerprint density at radius 1 is 1.45 bits per heavy atom. The van der Waals surface area contributed by atoms with Crippen molar-refractivity contribution in [2.24, 2.45) is 0 Å². The summed E-state index contributed by atoms with van der Waals surface area (Å²) in [6, 6.07) is 4.97. The van der Waals surface area contributed by atoms with Crippen LogP contribution in [0, 0.1) is 5.82 Å². The monoisotopic (exact) mass is 299 g/mol. The van der Waals surface area contributed by atoms with E-state index in [-0.39, 0.29) is 5.82 Å². The Morgan fingerprint density at radius 2 is 2.30 bits per heavy atom. The van der Waals surface area contributed by atoms with Crippen LogP contribution in [0.5, 0.6) is 0 Å². The molecular weight excluding hydrogens is 277 g/mol. The van der Waals surface area contributed by atoms with Crippen molar-refractivity contribution in [1.29, 1.82) is 0 Å². The number of hydrogen-bond acceptors (Lipinski definition) is 2. The maximum absolute atomic E-state index is 13.1. The normalized spacial score (nSPS) is 20.9. The van der Waals surface area contributed by atoms with Gasteiger partial charge >= 0.3 is 0 Å². The van der Waals surface area contributed by atoms with Crippen LogP contribution in [0.1, 0.15) is 38.2 Å². The minimum Gasteiger partial charge on any atom is -0.378 e. The van der Waals surface area contributed by atoms with Gasteiger partial charge in [0.2, 0.25) is 0 Å². The van der Waals surface area contributed by atoms with Crippen LogP contribution in [0.3, 0.4) is 0 Å². The Hall–Kier alpha value is -0.640. The average Bonchev–Trinajstić information content (AvgIpc) is 2.43. The molecule has 1 aliphatic rings. The largest absolute Gasteiger partial charge is 0.378 e. The molecule has 1 aromatic rings. The summed E-state index contributed by atoms with van der Waals surface area (Å²) in [5.41, 5.74) is 0.995. The quantitative estimate of drug-likeness (QED) is 0.858. The molecule has 2 unspecified atom stereocenters. The van der Waals surface area contributed by atoms with Gasteiger partial charge in [-0.2, -0.15) is 0 Å². The highest BCUT2D eigenvalue weighted by Gasteiger charge is 2.20. The molecule has 0 radical (unpaired) electrons. The number of nitrogens with one attached hydrogen (secondary N) is 1. The lowest BCUT2D eigenvalue weighted by molar-refractivity contribution is 0.00535. The first kappa shape index (κ1) is 15.7. The van der Waals surface area contributed by atoms with Gasteiger partial charge in [-0.1, -0.05) is 24.6 Å². The fourth-order valence-corrected chi connectivity index (χ4v) is 3.04. The molecular formula is C16H23ClFNO. The summed E-state index contributed by atoms with van der Waals surface area (Å²) >= 11 is 6.12. The van der Waals surface area contributed by atoms with E-state index < -0.39 is 0 Å². The first-order valence-electron chi connectivity index (χ1n) is 7.48. The van der Waals surface area contributed by atoms with E-state index in [4.69, 9.17) is 16.3 Å². The highest BCUT2D eigenvalue weighted by Crippen LogP contribution is 2.22. The van der Waals surface area contributed by atoms with Gasteiger partial charge in [-0.25, -0.2) is 4.39 Å². The van der Waals surface area contributed by atoms with E-state index in [1.807, 2.05) is 0 Å². The molecule has 4 heteroatoms. The molecule has 1 heterocycles. The summed E-state index contributed by atoms with van der Waals surface area (Å²) in [7, 11) is 0. The van der Waals surface area contributed by atoms with Crippen molar-refractivity contribution >= 4 is 11.6 Å². The summed E-state index contributed by atoms with van der Waals surface area (Å²) in [5.74, 6) is -0.283. The highest BCUT2D eigenvalue weighted by atomic mass is 35.5. The molecule has 1 N–H and O–H groups in total. The molecule has 1 aliphatic heterocycles. The van der Waals surface area contributed by atoms with E-state index in [9.17, 15) is 4.39 Å². The lowest BCUT2D eigenvalue weighted by atomic mass is 9.96. The predicted molar refractivity (Wildman–Crippen MR) is 80.8 cm³/mol. The zero-order valence-corrected chi connectivity index (χ0v) is 12.8. The van der Waals surface area contributed by atoms with Crippen LogP contribution in [0.25, 0.3) is 0 Å². The fraction of sp³-hybridized carbons (Fsp3) is 0.625.